The molecule has 3 atom stereocenters. The summed E-state index contributed by atoms with van der Waals surface area (Å²) in [6.45, 7) is 6.13. The first-order chi connectivity index (χ1) is 16.5. The van der Waals surface area contributed by atoms with Crippen LogP contribution in [-0.4, -0.2) is 72.3 Å². The summed E-state index contributed by atoms with van der Waals surface area (Å²) < 4.78 is 19.2. The van der Waals surface area contributed by atoms with E-state index in [0.29, 0.717) is 54.3 Å². The van der Waals surface area contributed by atoms with E-state index in [4.69, 9.17) is 19.9 Å². The van der Waals surface area contributed by atoms with Gasteiger partial charge in [0.2, 0.25) is 0 Å². The van der Waals surface area contributed by atoms with Gasteiger partial charge >= 0.3 is 5.97 Å². The number of aromatic nitrogens is 2. The average Bonchev–Trinajstić information content (AvgIpc) is 3.18. The fraction of sp³-hybridized carbons (Fsp3) is 0.565. The molecule has 5 rings (SSSR count). The number of aliphatic imine (C=N–C) groups is 1. The molecule has 5 heterocycles. The molecule has 2 saturated heterocycles. The van der Waals surface area contributed by atoms with Gasteiger partial charge in [0.15, 0.2) is 0 Å². The lowest BCUT2D eigenvalue weighted by molar-refractivity contribution is -0.163. The zero-order chi connectivity index (χ0) is 23.7. The number of nitrogens with zero attached hydrogens (tertiary/aromatic N) is 4. The standard InChI is InChI=1S/C23H30N6O5/c1-14-2-3-15(12-33-19(31)4-5-28-6-8-32-9-7-28)34-23(14)29-11-16-17(24)10-18(30)27-21-20(16)22(29)26-13-25-21/h10-11,13-15,23H,2-9,12,24H2,1H3,(H,25,26,27,30)/t14-,15-,23+/m0/s1. The number of anilines is 2. The van der Waals surface area contributed by atoms with E-state index in [9.17, 15) is 9.59 Å². The second-order valence-corrected chi connectivity index (χ2v) is 9.04. The van der Waals surface area contributed by atoms with E-state index in [1.54, 1.807) is 0 Å². The van der Waals surface area contributed by atoms with Crippen molar-refractivity contribution in [3.63, 3.8) is 0 Å². The van der Waals surface area contributed by atoms with Gasteiger partial charge in [-0.05, 0) is 12.8 Å². The first-order valence-electron chi connectivity index (χ1n) is 11.7. The lowest BCUT2D eigenvalue weighted by Gasteiger charge is -2.36. The van der Waals surface area contributed by atoms with E-state index >= 15 is 0 Å². The van der Waals surface area contributed by atoms with Crippen molar-refractivity contribution in [2.45, 2.75) is 38.5 Å². The maximum atomic E-state index is 12.3. The third-order valence-corrected chi connectivity index (χ3v) is 6.65. The lowest BCUT2D eigenvalue weighted by Crippen LogP contribution is -2.38. The van der Waals surface area contributed by atoms with Crippen molar-refractivity contribution in [2.75, 3.05) is 50.5 Å². The maximum Gasteiger partial charge on any atom is 0.307 e. The first-order valence-corrected chi connectivity index (χ1v) is 11.7. The quantitative estimate of drug-likeness (QED) is 0.604. The minimum absolute atomic E-state index is 0.206. The summed E-state index contributed by atoms with van der Waals surface area (Å²) in [7, 11) is 0. The molecule has 3 aliphatic heterocycles. The molecular weight excluding hydrogens is 440 g/mol. The molecule has 182 valence electrons. The van der Waals surface area contributed by atoms with E-state index in [2.05, 4.69) is 27.1 Å². The molecule has 2 aromatic heterocycles. The largest absolute Gasteiger partial charge is 0.463 e. The summed E-state index contributed by atoms with van der Waals surface area (Å²) in [6.07, 6.45) is 4.93. The van der Waals surface area contributed by atoms with Gasteiger partial charge < -0.3 is 29.8 Å². The predicted molar refractivity (Wildman–Crippen MR) is 127 cm³/mol. The van der Waals surface area contributed by atoms with Gasteiger partial charge in [0.1, 0.15) is 24.5 Å². The Morgan fingerprint density at radius 2 is 2.15 bits per heavy atom. The summed E-state index contributed by atoms with van der Waals surface area (Å²) in [6, 6.07) is 1.32. The molecule has 0 unspecified atom stereocenters. The number of carbonyl (C=O) groups excluding carboxylic acids is 1. The molecule has 0 aromatic carbocycles. The van der Waals surface area contributed by atoms with Crippen molar-refractivity contribution in [3.8, 4) is 0 Å². The van der Waals surface area contributed by atoms with Crippen LogP contribution in [0.4, 0.5) is 17.3 Å². The average molecular weight is 471 g/mol. The van der Waals surface area contributed by atoms with Gasteiger partial charge in [0.05, 0.1) is 37.5 Å². The van der Waals surface area contributed by atoms with E-state index in [1.165, 1.54) is 12.4 Å². The normalized spacial score (nSPS) is 24.7. The smallest absolute Gasteiger partial charge is 0.307 e. The van der Waals surface area contributed by atoms with Gasteiger partial charge in [0.25, 0.3) is 5.56 Å². The number of rotatable bonds is 6. The fourth-order valence-electron chi connectivity index (χ4n) is 4.75. The zero-order valence-corrected chi connectivity index (χ0v) is 19.2. The number of morpholine rings is 1. The molecule has 3 aliphatic rings. The van der Waals surface area contributed by atoms with Crippen molar-refractivity contribution < 1.29 is 19.0 Å². The first kappa shape index (κ1) is 22.8. The molecule has 0 saturated carbocycles. The number of nitrogens with one attached hydrogen (secondary N) is 1. The van der Waals surface area contributed by atoms with Gasteiger partial charge in [-0.15, -0.1) is 0 Å². The van der Waals surface area contributed by atoms with Gasteiger partial charge in [-0.3, -0.25) is 14.5 Å². The number of nitrogen functional groups attached to an aromatic ring is 1. The third kappa shape index (κ3) is 4.63. The van der Waals surface area contributed by atoms with Crippen LogP contribution in [0.3, 0.4) is 0 Å². The molecule has 2 fully saturated rings. The van der Waals surface area contributed by atoms with Crippen LogP contribution in [0, 0.1) is 5.92 Å². The van der Waals surface area contributed by atoms with Crippen LogP contribution >= 0.6 is 0 Å². The van der Waals surface area contributed by atoms with Crippen LogP contribution in [0.15, 0.2) is 22.1 Å². The molecule has 11 heteroatoms. The molecule has 0 amide bonds. The second-order valence-electron chi connectivity index (χ2n) is 9.04. The Balaban J connectivity index is 1.28. The number of hydrogen-bond acceptors (Lipinski definition) is 10. The molecule has 0 radical (unpaired) electrons. The van der Waals surface area contributed by atoms with Crippen LogP contribution < -0.4 is 16.6 Å². The maximum absolute atomic E-state index is 12.3. The highest BCUT2D eigenvalue weighted by Crippen LogP contribution is 2.42. The summed E-state index contributed by atoms with van der Waals surface area (Å²) in [5.74, 6) is 1.05. The monoisotopic (exact) mass is 470 g/mol. The molecular formula is C23H30N6O5. The highest BCUT2D eigenvalue weighted by atomic mass is 16.6. The molecule has 2 aromatic rings. The SMILES string of the molecule is C[C@H]1CC[C@@H](COC(=O)CCN2CCOCC2)O[C@H]1n1cc2c(N)cc(=O)nc3c2c1N=CN3. The van der Waals surface area contributed by atoms with Crippen LogP contribution in [0.1, 0.15) is 32.4 Å². The number of carbonyl (C=O) groups is 1. The predicted octanol–water partition coefficient (Wildman–Crippen LogP) is 1.64. The van der Waals surface area contributed by atoms with Crippen molar-refractivity contribution in [2.24, 2.45) is 10.9 Å². The Labute approximate surface area is 196 Å². The molecule has 34 heavy (non-hydrogen) atoms. The summed E-state index contributed by atoms with van der Waals surface area (Å²) in [5.41, 5.74) is 6.10. The van der Waals surface area contributed by atoms with Gasteiger partial charge in [-0.1, -0.05) is 6.92 Å². The zero-order valence-electron chi connectivity index (χ0n) is 19.2. The van der Waals surface area contributed by atoms with Crippen LogP contribution in [0.2, 0.25) is 0 Å². The van der Waals surface area contributed by atoms with E-state index in [0.717, 1.165) is 25.9 Å². The van der Waals surface area contributed by atoms with Crippen LogP contribution in [-0.2, 0) is 19.0 Å². The minimum Gasteiger partial charge on any atom is -0.463 e. The van der Waals surface area contributed by atoms with Crippen molar-refractivity contribution in [1.82, 2.24) is 14.5 Å². The third-order valence-electron chi connectivity index (χ3n) is 6.65. The van der Waals surface area contributed by atoms with Crippen LogP contribution in [0.5, 0.6) is 0 Å². The van der Waals surface area contributed by atoms with Gasteiger partial charge in [0, 0.05) is 48.9 Å². The highest BCUT2D eigenvalue weighted by molar-refractivity contribution is 6.10. The molecule has 0 spiro atoms. The number of nitrogens with two attached hydrogens (primary N) is 1. The topological polar surface area (TPSA) is 133 Å². The molecule has 3 N–H and O–H groups in total. The Bertz CT molecular complexity index is 1160. The lowest BCUT2D eigenvalue weighted by atomic mass is 9.97. The second kappa shape index (κ2) is 9.69. The van der Waals surface area contributed by atoms with Crippen molar-refractivity contribution in [3.05, 3.63) is 22.6 Å². The molecule has 11 nitrogen and oxygen atoms in total. The number of ether oxygens (including phenoxy) is 3. The molecule has 0 bridgehead atoms. The summed E-state index contributed by atoms with van der Waals surface area (Å²) in [5, 5.41) is 4.32. The number of esters is 1. The van der Waals surface area contributed by atoms with E-state index < -0.39 is 5.56 Å². The highest BCUT2D eigenvalue weighted by Gasteiger charge is 2.33. The van der Waals surface area contributed by atoms with Gasteiger partial charge in [-0.25, -0.2) is 4.99 Å². The Kier molecular flexibility index (Phi) is 6.48. The molecule has 0 aliphatic carbocycles. The van der Waals surface area contributed by atoms with Crippen molar-refractivity contribution in [1.29, 1.82) is 0 Å². The minimum atomic E-state index is -0.415. The van der Waals surface area contributed by atoms with Crippen molar-refractivity contribution >= 4 is 40.4 Å². The Morgan fingerprint density at radius 1 is 1.32 bits per heavy atom. The van der Waals surface area contributed by atoms with E-state index in [1.807, 2.05) is 10.8 Å². The summed E-state index contributed by atoms with van der Waals surface area (Å²) >= 11 is 0. The van der Waals surface area contributed by atoms with Gasteiger partial charge in [-0.2, -0.15) is 4.98 Å². The summed E-state index contributed by atoms with van der Waals surface area (Å²) in [4.78, 5) is 35.1. The van der Waals surface area contributed by atoms with Crippen LogP contribution in [0.25, 0.3) is 10.8 Å². The number of hydrogen-bond donors (Lipinski definition) is 2. The fourth-order valence-corrected chi connectivity index (χ4v) is 4.75. The Morgan fingerprint density at radius 3 is 2.97 bits per heavy atom. The van der Waals surface area contributed by atoms with E-state index in [-0.39, 0.29) is 30.8 Å². The Hall–Kier alpha value is -3.02.